The Hall–Kier alpha value is -2.94. The SMILES string of the molecule is C=C1C(=O)OC2C=C(C)CCC=C(C(=O)OC)C(OC(=O)C3(C)OC3C)C(OC(C)=O)C12. The maximum absolute atomic E-state index is 12.9. The first kappa shape index (κ1) is 23.7. The van der Waals surface area contributed by atoms with Gasteiger partial charge in [0.2, 0.25) is 0 Å². The molecule has 0 saturated carbocycles. The first-order chi connectivity index (χ1) is 15.0. The van der Waals surface area contributed by atoms with Crippen molar-refractivity contribution in [1.82, 2.24) is 0 Å². The molecule has 2 fully saturated rings. The van der Waals surface area contributed by atoms with E-state index >= 15 is 0 Å². The van der Waals surface area contributed by atoms with E-state index in [-0.39, 0.29) is 17.3 Å². The van der Waals surface area contributed by atoms with Crippen LogP contribution < -0.4 is 0 Å². The van der Waals surface area contributed by atoms with Gasteiger partial charge in [0, 0.05) is 12.5 Å². The topological polar surface area (TPSA) is 118 Å². The van der Waals surface area contributed by atoms with Crippen molar-refractivity contribution >= 4 is 23.9 Å². The minimum atomic E-state index is -1.36. The molecule has 9 nitrogen and oxygen atoms in total. The van der Waals surface area contributed by atoms with Crippen LogP contribution in [0.15, 0.2) is 35.5 Å². The van der Waals surface area contributed by atoms with Gasteiger partial charge in [0.1, 0.15) is 6.10 Å². The van der Waals surface area contributed by atoms with Crippen LogP contribution in [0.3, 0.4) is 0 Å². The van der Waals surface area contributed by atoms with Crippen LogP contribution in [0.25, 0.3) is 0 Å². The van der Waals surface area contributed by atoms with E-state index in [9.17, 15) is 19.2 Å². The van der Waals surface area contributed by atoms with Crippen LogP contribution in [-0.4, -0.2) is 61.0 Å². The Morgan fingerprint density at radius 1 is 1.25 bits per heavy atom. The second-order valence-electron chi connectivity index (χ2n) is 8.39. The fourth-order valence-corrected chi connectivity index (χ4v) is 3.98. The van der Waals surface area contributed by atoms with Gasteiger partial charge in [0.15, 0.2) is 17.8 Å². The third kappa shape index (κ3) is 4.48. The first-order valence-corrected chi connectivity index (χ1v) is 10.4. The highest BCUT2D eigenvalue weighted by Gasteiger charge is 2.59. The van der Waals surface area contributed by atoms with E-state index in [0.29, 0.717) is 12.8 Å². The number of ether oxygens (including phenoxy) is 5. The van der Waals surface area contributed by atoms with E-state index in [4.69, 9.17) is 23.7 Å². The summed E-state index contributed by atoms with van der Waals surface area (Å²) in [6.07, 6.45) is 0.539. The van der Waals surface area contributed by atoms with Gasteiger partial charge >= 0.3 is 23.9 Å². The van der Waals surface area contributed by atoms with Crippen molar-refractivity contribution in [2.75, 3.05) is 7.11 Å². The minimum absolute atomic E-state index is 0.00426. The number of carbonyl (C=O) groups excluding carboxylic acids is 4. The summed E-state index contributed by atoms with van der Waals surface area (Å²) in [5.74, 6) is -3.69. The highest BCUT2D eigenvalue weighted by Crippen LogP contribution is 2.41. The van der Waals surface area contributed by atoms with E-state index < -0.39 is 53.7 Å². The largest absolute Gasteiger partial charge is 0.466 e. The molecule has 9 heteroatoms. The lowest BCUT2D eigenvalue weighted by Crippen LogP contribution is -2.47. The Morgan fingerprint density at radius 3 is 2.47 bits per heavy atom. The zero-order valence-corrected chi connectivity index (χ0v) is 18.8. The van der Waals surface area contributed by atoms with Gasteiger partial charge in [-0.15, -0.1) is 0 Å². The monoisotopic (exact) mass is 448 g/mol. The van der Waals surface area contributed by atoms with Crippen LogP contribution in [0.2, 0.25) is 0 Å². The standard InChI is InChI=1S/C23H28O9/c1-11-8-7-9-15(21(26)28-6)18(31-22(27)23(5)13(3)32-23)19(29-14(4)24)17-12(2)20(25)30-16(17)10-11/h9-10,13,16-19H,2,7-8H2,1,3-6H3. The quantitative estimate of drug-likeness (QED) is 0.209. The molecule has 32 heavy (non-hydrogen) atoms. The molecule has 0 amide bonds. The Bertz CT molecular complexity index is 914. The summed E-state index contributed by atoms with van der Waals surface area (Å²) in [6, 6.07) is 0. The van der Waals surface area contributed by atoms with Gasteiger partial charge in [-0.1, -0.05) is 18.2 Å². The van der Waals surface area contributed by atoms with Crippen molar-refractivity contribution in [3.8, 4) is 0 Å². The van der Waals surface area contributed by atoms with Crippen LogP contribution in [0.1, 0.15) is 40.5 Å². The summed E-state index contributed by atoms with van der Waals surface area (Å²) in [4.78, 5) is 50.1. The number of hydrogen-bond acceptors (Lipinski definition) is 9. The predicted molar refractivity (Wildman–Crippen MR) is 110 cm³/mol. The molecule has 174 valence electrons. The molecule has 0 N–H and O–H groups in total. The Kier molecular flexibility index (Phi) is 6.59. The van der Waals surface area contributed by atoms with E-state index in [1.165, 1.54) is 14.0 Å². The number of hydrogen-bond donors (Lipinski definition) is 0. The molecule has 0 aromatic carbocycles. The van der Waals surface area contributed by atoms with Crippen LogP contribution in [-0.2, 0) is 42.9 Å². The van der Waals surface area contributed by atoms with Gasteiger partial charge in [-0.05, 0) is 39.7 Å². The Labute approximate surface area is 186 Å². The summed E-state index contributed by atoms with van der Waals surface area (Å²) in [5, 5.41) is 0. The number of carbonyl (C=O) groups is 4. The Morgan fingerprint density at radius 2 is 1.91 bits per heavy atom. The summed E-state index contributed by atoms with van der Waals surface area (Å²) >= 11 is 0. The number of epoxide rings is 1. The fraction of sp³-hybridized carbons (Fsp3) is 0.565. The highest BCUT2D eigenvalue weighted by atomic mass is 16.7. The maximum Gasteiger partial charge on any atom is 0.341 e. The smallest absolute Gasteiger partial charge is 0.341 e. The molecule has 0 aromatic heterocycles. The zero-order chi connectivity index (χ0) is 23.8. The fourth-order valence-electron chi connectivity index (χ4n) is 3.98. The van der Waals surface area contributed by atoms with Crippen molar-refractivity contribution in [2.45, 2.75) is 70.6 Å². The molecular formula is C23H28O9. The van der Waals surface area contributed by atoms with Crippen molar-refractivity contribution in [3.63, 3.8) is 0 Å². The third-order valence-electron chi connectivity index (χ3n) is 6.07. The predicted octanol–water partition coefficient (Wildman–Crippen LogP) is 1.94. The zero-order valence-electron chi connectivity index (χ0n) is 18.8. The van der Waals surface area contributed by atoms with Gasteiger partial charge in [0.25, 0.3) is 0 Å². The lowest BCUT2D eigenvalue weighted by molar-refractivity contribution is -0.173. The van der Waals surface area contributed by atoms with Gasteiger partial charge in [0.05, 0.1) is 24.7 Å². The second-order valence-corrected chi connectivity index (χ2v) is 8.39. The van der Waals surface area contributed by atoms with E-state index in [2.05, 4.69) is 6.58 Å². The normalized spacial score (nSPS) is 34.3. The molecule has 6 unspecified atom stereocenters. The molecule has 0 spiro atoms. The number of methoxy groups -OCH3 is 1. The first-order valence-electron chi connectivity index (χ1n) is 10.4. The molecule has 1 aliphatic carbocycles. The molecule has 2 aliphatic heterocycles. The van der Waals surface area contributed by atoms with E-state index in [1.807, 2.05) is 6.92 Å². The Balaban J connectivity index is 2.13. The molecule has 6 atom stereocenters. The van der Waals surface area contributed by atoms with Crippen LogP contribution in [0.4, 0.5) is 0 Å². The summed E-state index contributed by atoms with van der Waals surface area (Å²) < 4.78 is 27.1. The van der Waals surface area contributed by atoms with Gasteiger partial charge in [-0.2, -0.15) is 0 Å². The van der Waals surface area contributed by atoms with Crippen LogP contribution in [0, 0.1) is 5.92 Å². The molecular weight excluding hydrogens is 420 g/mol. The average molecular weight is 448 g/mol. The van der Waals surface area contributed by atoms with Crippen molar-refractivity contribution in [2.24, 2.45) is 5.92 Å². The number of fused-ring (bicyclic) bond motifs is 1. The molecule has 2 heterocycles. The number of allylic oxidation sites excluding steroid dienone is 2. The third-order valence-corrected chi connectivity index (χ3v) is 6.07. The number of esters is 4. The van der Waals surface area contributed by atoms with Crippen LogP contribution >= 0.6 is 0 Å². The van der Waals surface area contributed by atoms with Crippen molar-refractivity contribution < 1.29 is 42.9 Å². The summed E-state index contributed by atoms with van der Waals surface area (Å²) in [5.41, 5.74) is -0.220. The highest BCUT2D eigenvalue weighted by molar-refractivity contribution is 5.93. The van der Waals surface area contributed by atoms with Crippen molar-refractivity contribution in [1.29, 1.82) is 0 Å². The van der Waals surface area contributed by atoms with Gasteiger partial charge < -0.3 is 23.7 Å². The number of rotatable bonds is 4. The van der Waals surface area contributed by atoms with E-state index in [0.717, 1.165) is 5.57 Å². The van der Waals surface area contributed by atoms with E-state index in [1.54, 1.807) is 26.0 Å². The molecule has 0 bridgehead atoms. The summed E-state index contributed by atoms with van der Waals surface area (Å²) in [6.45, 7) is 10.1. The molecule has 3 aliphatic rings. The molecule has 2 saturated heterocycles. The second kappa shape index (κ2) is 8.90. The molecule has 0 radical (unpaired) electrons. The lowest BCUT2D eigenvalue weighted by atomic mass is 9.83. The molecule has 3 rings (SSSR count). The van der Waals surface area contributed by atoms with Gasteiger partial charge in [-0.25, -0.2) is 14.4 Å². The van der Waals surface area contributed by atoms with Crippen LogP contribution in [0.5, 0.6) is 0 Å². The lowest BCUT2D eigenvalue weighted by Gasteiger charge is -2.33. The average Bonchev–Trinajstić information content (AvgIpc) is 3.25. The van der Waals surface area contributed by atoms with Crippen molar-refractivity contribution in [3.05, 3.63) is 35.5 Å². The van der Waals surface area contributed by atoms with Gasteiger partial charge in [-0.3, -0.25) is 4.79 Å². The maximum atomic E-state index is 12.9. The minimum Gasteiger partial charge on any atom is -0.466 e. The summed E-state index contributed by atoms with van der Waals surface area (Å²) in [7, 11) is 1.20. The molecule has 0 aromatic rings.